The fourth-order valence-corrected chi connectivity index (χ4v) is 3.50. The van der Waals surface area contributed by atoms with E-state index in [1.807, 2.05) is 53.4 Å². The van der Waals surface area contributed by atoms with Gasteiger partial charge in [0, 0.05) is 25.0 Å². The standard InChI is InChI=1S/C23H23N3O/c27-23(26-16-6-10-19-9-4-5-11-21(19)26)20-12-13-22(25-17-20)24-15-14-18-7-2-1-3-8-18/h1-5,7-9,11-13,17H,6,10,14-16H2,(H,24,25). The smallest absolute Gasteiger partial charge is 0.259 e. The average molecular weight is 357 g/mol. The molecule has 0 radical (unpaired) electrons. The predicted molar refractivity (Wildman–Crippen MR) is 109 cm³/mol. The highest BCUT2D eigenvalue weighted by atomic mass is 16.2. The number of nitrogens with zero attached hydrogens (tertiary/aromatic N) is 2. The normalized spacial score (nSPS) is 13.1. The first kappa shape index (κ1) is 17.3. The maximum absolute atomic E-state index is 12.9. The van der Waals surface area contributed by atoms with Crippen molar-refractivity contribution in [1.82, 2.24) is 4.98 Å². The summed E-state index contributed by atoms with van der Waals surface area (Å²) in [5, 5.41) is 3.32. The van der Waals surface area contributed by atoms with E-state index >= 15 is 0 Å². The van der Waals surface area contributed by atoms with Gasteiger partial charge in [0.1, 0.15) is 5.82 Å². The van der Waals surface area contributed by atoms with Gasteiger partial charge in [-0.05, 0) is 48.6 Å². The minimum absolute atomic E-state index is 0.0190. The minimum Gasteiger partial charge on any atom is -0.370 e. The number of hydrogen-bond acceptors (Lipinski definition) is 3. The quantitative estimate of drug-likeness (QED) is 0.739. The lowest BCUT2D eigenvalue weighted by Gasteiger charge is -2.29. The lowest BCUT2D eigenvalue weighted by atomic mass is 10.0. The van der Waals surface area contributed by atoms with E-state index in [4.69, 9.17) is 0 Å². The van der Waals surface area contributed by atoms with Crippen LogP contribution in [0.4, 0.5) is 11.5 Å². The molecule has 0 aliphatic carbocycles. The van der Waals surface area contributed by atoms with E-state index in [0.717, 1.165) is 43.9 Å². The summed E-state index contributed by atoms with van der Waals surface area (Å²) in [6.45, 7) is 1.57. The Labute approximate surface area is 159 Å². The number of fused-ring (bicyclic) bond motifs is 1. The number of aromatic nitrogens is 1. The van der Waals surface area contributed by atoms with Crippen LogP contribution in [0.5, 0.6) is 0 Å². The van der Waals surface area contributed by atoms with Crippen molar-refractivity contribution in [2.75, 3.05) is 23.3 Å². The van der Waals surface area contributed by atoms with Gasteiger partial charge in [0.25, 0.3) is 5.91 Å². The second-order valence-electron chi connectivity index (χ2n) is 6.78. The van der Waals surface area contributed by atoms with Gasteiger partial charge < -0.3 is 10.2 Å². The summed E-state index contributed by atoms with van der Waals surface area (Å²) in [7, 11) is 0. The Morgan fingerprint density at radius 3 is 2.63 bits per heavy atom. The molecule has 0 bridgehead atoms. The number of aryl methyl sites for hydroxylation is 1. The lowest BCUT2D eigenvalue weighted by Crippen LogP contribution is -2.35. The van der Waals surface area contributed by atoms with Crippen molar-refractivity contribution in [2.45, 2.75) is 19.3 Å². The molecule has 27 heavy (non-hydrogen) atoms. The van der Waals surface area contributed by atoms with Crippen LogP contribution in [0.3, 0.4) is 0 Å². The number of benzene rings is 2. The first-order chi connectivity index (χ1) is 13.3. The summed E-state index contributed by atoms with van der Waals surface area (Å²) in [6, 6.07) is 22.2. The molecular formula is C23H23N3O. The summed E-state index contributed by atoms with van der Waals surface area (Å²) in [6.07, 6.45) is 4.63. The molecule has 1 N–H and O–H groups in total. The van der Waals surface area contributed by atoms with Gasteiger partial charge in [-0.1, -0.05) is 48.5 Å². The van der Waals surface area contributed by atoms with Crippen LogP contribution in [0.15, 0.2) is 72.9 Å². The number of pyridine rings is 1. The van der Waals surface area contributed by atoms with Crippen LogP contribution < -0.4 is 10.2 Å². The maximum atomic E-state index is 12.9. The van der Waals surface area contributed by atoms with Gasteiger partial charge in [0.15, 0.2) is 0 Å². The van der Waals surface area contributed by atoms with Gasteiger partial charge >= 0.3 is 0 Å². The van der Waals surface area contributed by atoms with Crippen LogP contribution in [-0.4, -0.2) is 24.0 Å². The van der Waals surface area contributed by atoms with Crippen molar-refractivity contribution in [3.8, 4) is 0 Å². The number of rotatable bonds is 5. The van der Waals surface area contributed by atoms with Crippen LogP contribution in [0.2, 0.25) is 0 Å². The molecule has 4 nitrogen and oxygen atoms in total. The first-order valence-electron chi connectivity index (χ1n) is 9.45. The molecule has 4 rings (SSSR count). The van der Waals surface area contributed by atoms with Crippen molar-refractivity contribution in [3.63, 3.8) is 0 Å². The van der Waals surface area contributed by atoms with Crippen LogP contribution in [0, 0.1) is 0 Å². The number of nitrogens with one attached hydrogen (secondary N) is 1. The highest BCUT2D eigenvalue weighted by molar-refractivity contribution is 6.06. The lowest BCUT2D eigenvalue weighted by molar-refractivity contribution is 0.0985. The third kappa shape index (κ3) is 4.00. The molecule has 0 atom stereocenters. The van der Waals surface area contributed by atoms with E-state index in [2.05, 4.69) is 28.5 Å². The topological polar surface area (TPSA) is 45.2 Å². The fraction of sp³-hybridized carbons (Fsp3) is 0.217. The number of hydrogen-bond donors (Lipinski definition) is 1. The van der Waals surface area contributed by atoms with Crippen molar-refractivity contribution >= 4 is 17.4 Å². The Morgan fingerprint density at radius 2 is 1.81 bits per heavy atom. The number of para-hydroxylation sites is 1. The minimum atomic E-state index is 0.0190. The van der Waals surface area contributed by atoms with Gasteiger partial charge in [-0.15, -0.1) is 0 Å². The third-order valence-electron chi connectivity index (χ3n) is 4.93. The summed E-state index contributed by atoms with van der Waals surface area (Å²) in [4.78, 5) is 19.2. The summed E-state index contributed by atoms with van der Waals surface area (Å²) < 4.78 is 0. The Morgan fingerprint density at radius 1 is 1.00 bits per heavy atom. The van der Waals surface area contributed by atoms with Gasteiger partial charge in [-0.2, -0.15) is 0 Å². The van der Waals surface area contributed by atoms with E-state index in [1.165, 1.54) is 11.1 Å². The van der Waals surface area contributed by atoms with Crippen molar-refractivity contribution < 1.29 is 4.79 Å². The van der Waals surface area contributed by atoms with Crippen LogP contribution >= 0.6 is 0 Å². The number of carbonyl (C=O) groups excluding carboxylic acids is 1. The predicted octanol–water partition coefficient (Wildman–Crippen LogP) is 4.33. The number of carbonyl (C=O) groups is 1. The summed E-state index contributed by atoms with van der Waals surface area (Å²) >= 11 is 0. The largest absolute Gasteiger partial charge is 0.370 e. The first-order valence-corrected chi connectivity index (χ1v) is 9.45. The van der Waals surface area contributed by atoms with Crippen molar-refractivity contribution in [3.05, 3.63) is 89.6 Å². The second-order valence-corrected chi connectivity index (χ2v) is 6.78. The molecule has 4 heteroatoms. The zero-order valence-corrected chi connectivity index (χ0v) is 15.3. The molecule has 0 saturated carbocycles. The van der Waals surface area contributed by atoms with E-state index in [1.54, 1.807) is 6.20 Å². The van der Waals surface area contributed by atoms with Gasteiger partial charge in [-0.25, -0.2) is 4.98 Å². The molecule has 0 spiro atoms. The van der Waals surface area contributed by atoms with Crippen molar-refractivity contribution in [2.24, 2.45) is 0 Å². The highest BCUT2D eigenvalue weighted by Crippen LogP contribution is 2.28. The molecular weight excluding hydrogens is 334 g/mol. The van der Waals surface area contributed by atoms with E-state index < -0.39 is 0 Å². The molecule has 3 aromatic rings. The van der Waals surface area contributed by atoms with Crippen LogP contribution in [-0.2, 0) is 12.8 Å². The Balaban J connectivity index is 1.40. The van der Waals surface area contributed by atoms with Gasteiger partial charge in [-0.3, -0.25) is 4.79 Å². The zero-order chi connectivity index (χ0) is 18.5. The molecule has 1 amide bonds. The Bertz CT molecular complexity index is 906. The number of amides is 1. The molecule has 2 heterocycles. The number of anilines is 2. The van der Waals surface area contributed by atoms with Gasteiger partial charge in [0.05, 0.1) is 5.56 Å². The SMILES string of the molecule is O=C(c1ccc(NCCc2ccccc2)nc1)N1CCCc2ccccc21. The molecule has 1 aliphatic heterocycles. The third-order valence-corrected chi connectivity index (χ3v) is 4.93. The molecule has 0 fully saturated rings. The van der Waals surface area contributed by atoms with Gasteiger partial charge in [0.2, 0.25) is 0 Å². The Kier molecular flexibility index (Phi) is 5.15. The molecule has 2 aromatic carbocycles. The van der Waals surface area contributed by atoms with Crippen molar-refractivity contribution in [1.29, 1.82) is 0 Å². The van der Waals surface area contributed by atoms with Crippen LogP contribution in [0.25, 0.3) is 0 Å². The van der Waals surface area contributed by atoms with E-state index in [-0.39, 0.29) is 5.91 Å². The van der Waals surface area contributed by atoms with E-state index in [0.29, 0.717) is 5.56 Å². The molecule has 136 valence electrons. The molecule has 1 aliphatic rings. The fourth-order valence-electron chi connectivity index (χ4n) is 3.50. The maximum Gasteiger partial charge on any atom is 0.259 e. The monoisotopic (exact) mass is 357 g/mol. The zero-order valence-electron chi connectivity index (χ0n) is 15.3. The van der Waals surface area contributed by atoms with E-state index in [9.17, 15) is 4.79 Å². The highest BCUT2D eigenvalue weighted by Gasteiger charge is 2.23. The summed E-state index contributed by atoms with van der Waals surface area (Å²) in [5.74, 6) is 0.812. The molecule has 0 saturated heterocycles. The van der Waals surface area contributed by atoms with Crippen LogP contribution in [0.1, 0.15) is 27.9 Å². The molecule has 1 aromatic heterocycles. The average Bonchev–Trinajstić information content (AvgIpc) is 2.74. The second kappa shape index (κ2) is 8.04. The summed E-state index contributed by atoms with van der Waals surface area (Å²) in [5.41, 5.74) is 4.18. The Hall–Kier alpha value is -3.14. The molecule has 0 unspecified atom stereocenters.